The van der Waals surface area contributed by atoms with Crippen LogP contribution < -0.4 is 0 Å². The summed E-state index contributed by atoms with van der Waals surface area (Å²) in [5.74, 6) is 0.877. The Bertz CT molecular complexity index is 343. The van der Waals surface area contributed by atoms with Gasteiger partial charge in [0.05, 0.1) is 0 Å². The van der Waals surface area contributed by atoms with Crippen molar-refractivity contribution in [2.24, 2.45) is 5.92 Å². The number of hydrogen-bond donors (Lipinski definition) is 0. The second-order valence-corrected chi connectivity index (χ2v) is 7.61. The molecule has 0 aliphatic carbocycles. The summed E-state index contributed by atoms with van der Waals surface area (Å²) in [6.07, 6.45) is 6.07. The third-order valence-corrected chi connectivity index (χ3v) is 4.76. The smallest absolute Gasteiger partial charge is 0.410 e. The van der Waals surface area contributed by atoms with Gasteiger partial charge in [-0.05, 0) is 58.9 Å². The number of piperidine rings is 2. The summed E-state index contributed by atoms with van der Waals surface area (Å²) < 4.78 is 5.47. The van der Waals surface area contributed by atoms with E-state index in [1.54, 1.807) is 0 Å². The lowest BCUT2D eigenvalue weighted by molar-refractivity contribution is 0.0109. The predicted molar refractivity (Wildman–Crippen MR) is 85.4 cm³/mol. The molecule has 0 spiro atoms. The molecule has 0 unspecified atom stereocenters. The van der Waals surface area contributed by atoms with E-state index in [4.69, 9.17) is 4.74 Å². The first kappa shape index (κ1) is 16.6. The van der Waals surface area contributed by atoms with E-state index < -0.39 is 5.60 Å². The van der Waals surface area contributed by atoms with Gasteiger partial charge in [-0.2, -0.15) is 0 Å². The number of carbonyl (C=O) groups is 1. The highest BCUT2D eigenvalue weighted by Crippen LogP contribution is 2.25. The number of carbonyl (C=O) groups excluding carboxylic acids is 1. The Kier molecular flexibility index (Phi) is 5.53. The molecule has 2 rings (SSSR count). The summed E-state index contributed by atoms with van der Waals surface area (Å²) in [4.78, 5) is 16.6. The molecular formula is C17H32N2O2. The Morgan fingerprint density at radius 1 is 1.14 bits per heavy atom. The number of nitrogens with zero attached hydrogens (tertiary/aromatic N) is 2. The fourth-order valence-electron chi connectivity index (χ4n) is 3.50. The molecule has 21 heavy (non-hydrogen) atoms. The molecule has 0 aromatic carbocycles. The Hall–Kier alpha value is -0.770. The minimum atomic E-state index is -0.394. The molecule has 4 heteroatoms. The zero-order valence-electron chi connectivity index (χ0n) is 14.2. The van der Waals surface area contributed by atoms with Crippen LogP contribution in [0.5, 0.6) is 0 Å². The first-order valence-electron chi connectivity index (χ1n) is 8.61. The van der Waals surface area contributed by atoms with Crippen molar-refractivity contribution in [2.45, 2.75) is 71.4 Å². The molecule has 1 atom stereocenters. The molecule has 0 radical (unpaired) electrons. The van der Waals surface area contributed by atoms with Crippen LogP contribution in [0.1, 0.15) is 59.8 Å². The summed E-state index contributed by atoms with van der Waals surface area (Å²) >= 11 is 0. The number of amides is 1. The van der Waals surface area contributed by atoms with Crippen molar-refractivity contribution in [3.05, 3.63) is 0 Å². The van der Waals surface area contributed by atoms with Crippen LogP contribution in [0.15, 0.2) is 0 Å². The third-order valence-electron chi connectivity index (χ3n) is 4.76. The van der Waals surface area contributed by atoms with Crippen LogP contribution in [-0.4, -0.2) is 53.7 Å². The normalized spacial score (nSPS) is 25.9. The zero-order valence-corrected chi connectivity index (χ0v) is 14.2. The van der Waals surface area contributed by atoms with Gasteiger partial charge in [0.2, 0.25) is 0 Å². The molecule has 0 N–H and O–H groups in total. The Morgan fingerprint density at radius 3 is 2.38 bits per heavy atom. The van der Waals surface area contributed by atoms with E-state index in [1.165, 1.54) is 32.4 Å². The van der Waals surface area contributed by atoms with E-state index in [1.807, 2.05) is 25.7 Å². The average molecular weight is 296 g/mol. The Balaban J connectivity index is 1.79. The van der Waals surface area contributed by atoms with E-state index in [9.17, 15) is 4.79 Å². The van der Waals surface area contributed by atoms with Crippen LogP contribution in [0.3, 0.4) is 0 Å². The van der Waals surface area contributed by atoms with Gasteiger partial charge in [0.15, 0.2) is 0 Å². The first-order chi connectivity index (χ1) is 9.89. The van der Waals surface area contributed by atoms with E-state index >= 15 is 0 Å². The van der Waals surface area contributed by atoms with Crippen molar-refractivity contribution in [1.29, 1.82) is 0 Å². The minimum absolute atomic E-state index is 0.147. The molecule has 2 saturated heterocycles. The zero-order chi connectivity index (χ0) is 15.5. The van der Waals surface area contributed by atoms with Crippen molar-refractivity contribution in [2.75, 3.05) is 26.2 Å². The summed E-state index contributed by atoms with van der Waals surface area (Å²) in [5, 5.41) is 0. The fraction of sp³-hybridized carbons (Fsp3) is 0.941. The molecule has 4 nitrogen and oxygen atoms in total. The van der Waals surface area contributed by atoms with Crippen LogP contribution in [0.25, 0.3) is 0 Å². The third kappa shape index (κ3) is 4.87. The molecule has 0 saturated carbocycles. The lowest BCUT2D eigenvalue weighted by atomic mass is 9.92. The van der Waals surface area contributed by atoms with Crippen molar-refractivity contribution < 1.29 is 9.53 Å². The molecule has 0 bridgehead atoms. The van der Waals surface area contributed by atoms with Crippen molar-refractivity contribution in [1.82, 2.24) is 9.80 Å². The van der Waals surface area contributed by atoms with Gasteiger partial charge in [-0.3, -0.25) is 4.90 Å². The van der Waals surface area contributed by atoms with E-state index in [0.29, 0.717) is 6.04 Å². The van der Waals surface area contributed by atoms with Crippen LogP contribution in [0, 0.1) is 5.92 Å². The maximum atomic E-state index is 12.1. The van der Waals surface area contributed by atoms with Crippen molar-refractivity contribution >= 4 is 6.09 Å². The van der Waals surface area contributed by atoms with Gasteiger partial charge >= 0.3 is 6.09 Å². The van der Waals surface area contributed by atoms with E-state index in [-0.39, 0.29) is 6.09 Å². The summed E-state index contributed by atoms with van der Waals surface area (Å²) in [7, 11) is 0. The lowest BCUT2D eigenvalue weighted by Gasteiger charge is -2.42. The number of likely N-dealkylation sites (tertiary alicyclic amines) is 2. The molecule has 2 aliphatic heterocycles. The molecule has 2 fully saturated rings. The minimum Gasteiger partial charge on any atom is -0.444 e. The topological polar surface area (TPSA) is 32.8 Å². The van der Waals surface area contributed by atoms with Gasteiger partial charge in [-0.15, -0.1) is 0 Å². The molecule has 0 aromatic heterocycles. The van der Waals surface area contributed by atoms with Gasteiger partial charge in [0, 0.05) is 25.7 Å². The summed E-state index contributed by atoms with van der Waals surface area (Å²) in [5.41, 5.74) is -0.394. The average Bonchev–Trinajstić information content (AvgIpc) is 2.46. The fourth-order valence-corrected chi connectivity index (χ4v) is 3.50. The van der Waals surface area contributed by atoms with Crippen LogP contribution in [0.2, 0.25) is 0 Å². The summed E-state index contributed by atoms with van der Waals surface area (Å²) in [6, 6.07) is 0.665. The van der Waals surface area contributed by atoms with Crippen molar-refractivity contribution in [3.8, 4) is 0 Å². The Labute approximate surface area is 129 Å². The Morgan fingerprint density at radius 2 is 1.81 bits per heavy atom. The highest BCUT2D eigenvalue weighted by molar-refractivity contribution is 5.68. The van der Waals surface area contributed by atoms with Crippen LogP contribution >= 0.6 is 0 Å². The second kappa shape index (κ2) is 6.99. The standard InChI is InChI=1S/C17H32N2O2/c1-5-14-7-6-10-19(13-14)15-8-11-18(12-9-15)16(20)21-17(2,3)4/h14-15H,5-13H2,1-4H3/t14-/m1/s1. The van der Waals surface area contributed by atoms with Gasteiger partial charge in [0.1, 0.15) is 5.60 Å². The first-order valence-corrected chi connectivity index (χ1v) is 8.61. The maximum absolute atomic E-state index is 12.1. The number of rotatable bonds is 2. The number of hydrogen-bond acceptors (Lipinski definition) is 3. The van der Waals surface area contributed by atoms with Crippen LogP contribution in [-0.2, 0) is 4.74 Å². The largest absolute Gasteiger partial charge is 0.444 e. The highest BCUT2D eigenvalue weighted by atomic mass is 16.6. The van der Waals surface area contributed by atoms with E-state index in [2.05, 4.69) is 11.8 Å². The van der Waals surface area contributed by atoms with Crippen molar-refractivity contribution in [3.63, 3.8) is 0 Å². The SMILES string of the molecule is CC[C@@H]1CCCN(C2CCN(C(=O)OC(C)(C)C)CC2)C1. The summed E-state index contributed by atoms with van der Waals surface area (Å²) in [6.45, 7) is 12.3. The van der Waals surface area contributed by atoms with Gasteiger partial charge in [0.25, 0.3) is 0 Å². The lowest BCUT2D eigenvalue weighted by Crippen LogP contribution is -2.50. The predicted octanol–water partition coefficient (Wildman–Crippen LogP) is 3.51. The maximum Gasteiger partial charge on any atom is 0.410 e. The van der Waals surface area contributed by atoms with Gasteiger partial charge < -0.3 is 9.64 Å². The van der Waals surface area contributed by atoms with Gasteiger partial charge in [-0.25, -0.2) is 4.79 Å². The molecule has 122 valence electrons. The molecule has 0 aromatic rings. The second-order valence-electron chi connectivity index (χ2n) is 7.61. The van der Waals surface area contributed by atoms with Gasteiger partial charge in [-0.1, -0.05) is 13.3 Å². The highest BCUT2D eigenvalue weighted by Gasteiger charge is 2.31. The van der Waals surface area contributed by atoms with Crippen LogP contribution in [0.4, 0.5) is 4.79 Å². The molecule has 2 aliphatic rings. The quantitative estimate of drug-likeness (QED) is 0.782. The molecule has 2 heterocycles. The molecular weight excluding hydrogens is 264 g/mol. The van der Waals surface area contributed by atoms with E-state index in [0.717, 1.165) is 31.8 Å². The monoisotopic (exact) mass is 296 g/mol. The molecule has 1 amide bonds. The number of ether oxygens (including phenoxy) is 1.